The molecule has 0 amide bonds. The molecule has 8 nitrogen and oxygen atoms in total. The zero-order valence-corrected chi connectivity index (χ0v) is 45.0. The van der Waals surface area contributed by atoms with Gasteiger partial charge in [-0.3, -0.25) is 4.57 Å². The SMILES string of the molecule is N#Cc1c(-c2ccccc2)c(-c2ccc(Nc3ccccc3)c(-n3cnc4ccc(-c5ccccc5)cc43)c2)cc(-c2ccc(Nc3ccccc3)c(NC=Nc3ccc(-c4ccccc4)cc3)c2)c1-n1c2ccccc2c2ccccc21. The average molecular weight is 1070 g/mol. The molecule has 0 unspecified atom stereocenters. The molecule has 14 aromatic rings. The molecule has 0 aliphatic carbocycles. The van der Waals surface area contributed by atoms with E-state index >= 15 is 0 Å². The number of fused-ring (bicyclic) bond motifs is 4. The molecular formula is C75H52N8. The normalized spacial score (nSPS) is 11.3. The maximum atomic E-state index is 12.1. The van der Waals surface area contributed by atoms with Gasteiger partial charge < -0.3 is 20.5 Å². The Balaban J connectivity index is 1.01. The monoisotopic (exact) mass is 1060 g/mol. The lowest BCUT2D eigenvalue weighted by Gasteiger charge is -2.24. The Hall–Kier alpha value is -11.5. The van der Waals surface area contributed by atoms with E-state index < -0.39 is 0 Å². The topological polar surface area (TPSA) is 95.0 Å². The number of aromatic nitrogens is 3. The number of anilines is 5. The summed E-state index contributed by atoms with van der Waals surface area (Å²) in [7, 11) is 0. The van der Waals surface area contributed by atoms with Gasteiger partial charge in [0, 0.05) is 33.3 Å². The molecule has 0 radical (unpaired) electrons. The number of hydrogen-bond acceptors (Lipinski definition) is 5. The summed E-state index contributed by atoms with van der Waals surface area (Å²) in [4.78, 5) is 9.90. The van der Waals surface area contributed by atoms with Crippen molar-refractivity contribution in [1.82, 2.24) is 14.1 Å². The van der Waals surface area contributed by atoms with Crippen LogP contribution in [0.25, 0.3) is 99.8 Å². The van der Waals surface area contributed by atoms with Gasteiger partial charge in [0.1, 0.15) is 12.4 Å². The van der Waals surface area contributed by atoms with Gasteiger partial charge in [0.05, 0.1) is 68.1 Å². The van der Waals surface area contributed by atoms with Crippen LogP contribution in [-0.2, 0) is 0 Å². The molecule has 0 spiro atoms. The summed E-state index contributed by atoms with van der Waals surface area (Å²) in [5, 5.41) is 25.4. The summed E-state index contributed by atoms with van der Waals surface area (Å²) in [6.45, 7) is 0. The molecule has 14 rings (SSSR count). The van der Waals surface area contributed by atoms with Crippen LogP contribution >= 0.6 is 0 Å². The lowest BCUT2D eigenvalue weighted by Crippen LogP contribution is -2.06. The number of nitriles is 1. The van der Waals surface area contributed by atoms with Crippen molar-refractivity contribution in [3.63, 3.8) is 0 Å². The Morgan fingerprint density at radius 1 is 0.410 bits per heavy atom. The van der Waals surface area contributed by atoms with Crippen LogP contribution in [0.3, 0.4) is 0 Å². The predicted molar refractivity (Wildman–Crippen MR) is 345 cm³/mol. The highest BCUT2D eigenvalue weighted by molar-refractivity contribution is 6.11. The van der Waals surface area contributed by atoms with Crippen LogP contribution in [0.2, 0.25) is 0 Å². The maximum absolute atomic E-state index is 12.1. The van der Waals surface area contributed by atoms with E-state index in [4.69, 9.17) is 9.98 Å². The first-order valence-corrected chi connectivity index (χ1v) is 27.7. The summed E-state index contributed by atoms with van der Waals surface area (Å²) in [5.41, 5.74) is 21.0. The van der Waals surface area contributed by atoms with Crippen molar-refractivity contribution in [2.45, 2.75) is 0 Å². The second-order valence-corrected chi connectivity index (χ2v) is 20.4. The van der Waals surface area contributed by atoms with E-state index in [9.17, 15) is 5.26 Å². The summed E-state index contributed by atoms with van der Waals surface area (Å²) in [6.07, 6.45) is 3.66. The van der Waals surface area contributed by atoms with Gasteiger partial charge >= 0.3 is 0 Å². The molecule has 83 heavy (non-hydrogen) atoms. The molecule has 0 fully saturated rings. The second kappa shape index (κ2) is 22.0. The van der Waals surface area contributed by atoms with Crippen LogP contribution in [0.5, 0.6) is 0 Å². The van der Waals surface area contributed by atoms with Crippen LogP contribution in [0.15, 0.2) is 296 Å². The zero-order chi connectivity index (χ0) is 55.5. The van der Waals surface area contributed by atoms with Crippen molar-refractivity contribution in [2.75, 3.05) is 16.0 Å². The van der Waals surface area contributed by atoms with Crippen molar-refractivity contribution in [2.24, 2.45) is 4.99 Å². The number of rotatable bonds is 14. The first-order valence-electron chi connectivity index (χ1n) is 27.7. The molecule has 0 saturated carbocycles. The zero-order valence-electron chi connectivity index (χ0n) is 45.0. The third-order valence-corrected chi connectivity index (χ3v) is 15.3. The number of aliphatic imine (C=N–C) groups is 1. The molecule has 12 aromatic carbocycles. The van der Waals surface area contributed by atoms with Crippen LogP contribution in [-0.4, -0.2) is 20.5 Å². The van der Waals surface area contributed by atoms with Crippen molar-refractivity contribution >= 4 is 73.3 Å². The lowest BCUT2D eigenvalue weighted by atomic mass is 9.85. The molecule has 3 N–H and O–H groups in total. The van der Waals surface area contributed by atoms with Crippen molar-refractivity contribution in [1.29, 1.82) is 5.26 Å². The highest BCUT2D eigenvalue weighted by atomic mass is 15.1. The maximum Gasteiger partial charge on any atom is 0.102 e. The van der Waals surface area contributed by atoms with E-state index in [1.165, 1.54) is 0 Å². The van der Waals surface area contributed by atoms with E-state index in [0.29, 0.717) is 5.56 Å². The highest BCUT2D eigenvalue weighted by Crippen LogP contribution is 2.48. The molecule has 0 aliphatic heterocycles. The smallest absolute Gasteiger partial charge is 0.102 e. The van der Waals surface area contributed by atoms with Gasteiger partial charge in [-0.2, -0.15) is 5.26 Å². The first kappa shape index (κ1) is 49.7. The van der Waals surface area contributed by atoms with E-state index in [-0.39, 0.29) is 0 Å². The standard InChI is InChI=1S/C75H52N8/c76-48-65-74(54-24-10-3-11-25-54)63(57-38-43-68(81-60-28-14-5-15-29-60)73(46-57)82-50-79-67-42-36-55(45-72(67)82)52-22-8-2-9-23-52)47-64(75(65)83-70-32-18-16-30-61(70)62-31-17-19-33-71(62)83)56-37-41-66(80-59-26-12-4-13-27-59)69(44-56)78-49-77-58-39-34-53(35-40-58)51-20-6-1-7-21-51/h1-47,49-50,80-81H,(H,77,78). The van der Waals surface area contributed by atoms with Gasteiger partial charge in [-0.05, 0) is 136 Å². The third-order valence-electron chi connectivity index (χ3n) is 15.3. The number of nitrogens with one attached hydrogen (secondary N) is 3. The fourth-order valence-electron chi connectivity index (χ4n) is 11.4. The van der Waals surface area contributed by atoms with Gasteiger partial charge in [-0.15, -0.1) is 0 Å². The molecule has 2 aromatic heterocycles. The van der Waals surface area contributed by atoms with E-state index in [2.05, 4.69) is 237 Å². The number of imidazole rings is 1. The summed E-state index contributed by atoms with van der Waals surface area (Å²) < 4.78 is 4.46. The van der Waals surface area contributed by atoms with E-state index in [0.717, 1.165) is 134 Å². The molecule has 392 valence electrons. The van der Waals surface area contributed by atoms with Gasteiger partial charge in [-0.1, -0.05) is 194 Å². The second-order valence-electron chi connectivity index (χ2n) is 20.4. The minimum atomic E-state index is 0.533. The van der Waals surface area contributed by atoms with Crippen molar-refractivity contribution < 1.29 is 0 Å². The van der Waals surface area contributed by atoms with Crippen molar-refractivity contribution in [3.8, 4) is 73.1 Å². The minimum Gasteiger partial charge on any atom is -0.354 e. The molecule has 0 aliphatic rings. The summed E-state index contributed by atoms with van der Waals surface area (Å²) in [6, 6.07) is 101. The first-order chi connectivity index (χ1) is 41.1. The molecule has 8 heteroatoms. The lowest BCUT2D eigenvalue weighted by molar-refractivity contribution is 1.09. The summed E-state index contributed by atoms with van der Waals surface area (Å²) >= 11 is 0. The number of para-hydroxylation sites is 4. The largest absolute Gasteiger partial charge is 0.354 e. The quantitative estimate of drug-likeness (QED) is 0.0745. The van der Waals surface area contributed by atoms with Gasteiger partial charge in [0.2, 0.25) is 0 Å². The Kier molecular flexibility index (Phi) is 13.2. The average Bonchev–Trinajstić information content (AvgIpc) is 3.14. The predicted octanol–water partition coefficient (Wildman–Crippen LogP) is 19.6. The van der Waals surface area contributed by atoms with Gasteiger partial charge in [-0.25, -0.2) is 9.98 Å². The fourth-order valence-corrected chi connectivity index (χ4v) is 11.4. The van der Waals surface area contributed by atoms with Crippen LogP contribution in [0.1, 0.15) is 5.56 Å². The fraction of sp³-hybridized carbons (Fsp3) is 0. The number of benzene rings is 12. The van der Waals surface area contributed by atoms with E-state index in [1.54, 1.807) is 6.34 Å². The molecule has 0 saturated heterocycles. The number of nitrogens with zero attached hydrogens (tertiary/aromatic N) is 5. The molecular weight excluding hydrogens is 1010 g/mol. The Morgan fingerprint density at radius 2 is 0.916 bits per heavy atom. The van der Waals surface area contributed by atoms with Gasteiger partial charge in [0.15, 0.2) is 0 Å². The van der Waals surface area contributed by atoms with Crippen LogP contribution in [0.4, 0.5) is 34.1 Å². The molecule has 0 atom stereocenters. The Labute approximate surface area is 481 Å². The number of hydrogen-bond donors (Lipinski definition) is 3. The Morgan fingerprint density at radius 3 is 1.54 bits per heavy atom. The third kappa shape index (κ3) is 9.71. The minimum absolute atomic E-state index is 0.533. The van der Waals surface area contributed by atoms with Crippen LogP contribution < -0.4 is 16.0 Å². The molecule has 0 bridgehead atoms. The molecule has 2 heterocycles. The highest BCUT2D eigenvalue weighted by Gasteiger charge is 2.27. The van der Waals surface area contributed by atoms with E-state index in [1.807, 2.05) is 85.2 Å². The van der Waals surface area contributed by atoms with Gasteiger partial charge in [0.25, 0.3) is 0 Å². The van der Waals surface area contributed by atoms with Crippen LogP contribution in [0, 0.1) is 11.3 Å². The Bertz CT molecular complexity index is 4680. The summed E-state index contributed by atoms with van der Waals surface area (Å²) in [5.74, 6) is 0. The van der Waals surface area contributed by atoms with Crippen molar-refractivity contribution in [3.05, 3.63) is 297 Å².